The van der Waals surface area contributed by atoms with Crippen LogP contribution in [0.5, 0.6) is 5.75 Å². The number of ether oxygens (including phenoxy) is 2. The molecule has 0 saturated carbocycles. The number of nitrogens with one attached hydrogen (secondary N) is 1. The first-order valence-electron chi connectivity index (χ1n) is 9.26. The molecule has 0 unspecified atom stereocenters. The molecule has 0 bridgehead atoms. The van der Waals surface area contributed by atoms with Gasteiger partial charge in [0.05, 0.1) is 19.2 Å². The summed E-state index contributed by atoms with van der Waals surface area (Å²) in [6.07, 6.45) is 0.339. The fourth-order valence-electron chi connectivity index (χ4n) is 3.68. The Bertz CT molecular complexity index is 789. The van der Waals surface area contributed by atoms with E-state index in [4.69, 9.17) is 9.47 Å². The van der Waals surface area contributed by atoms with Gasteiger partial charge in [-0.3, -0.25) is 9.69 Å². The number of nitrogens with zero attached hydrogens (tertiary/aromatic N) is 1. The highest BCUT2D eigenvalue weighted by Crippen LogP contribution is 2.22. The minimum atomic E-state index is -0.349. The standard InChI is InChI=1S/C21H23FN2O3/c22-17-6-3-7-18(10-17)27-20-14-26-9-8-19(20)23-21(25)13-24-11-15-4-1-2-5-16(15)12-24/h1-7,10,19-20H,8-9,11-14H2,(H,23,25)/t19-,20-/m1/s1. The van der Waals surface area contributed by atoms with Crippen LogP contribution in [-0.4, -0.2) is 42.7 Å². The second kappa shape index (κ2) is 8.06. The highest BCUT2D eigenvalue weighted by atomic mass is 19.1. The fraction of sp³-hybridized carbons (Fsp3) is 0.381. The third kappa shape index (κ3) is 4.46. The van der Waals surface area contributed by atoms with E-state index < -0.39 is 0 Å². The maximum atomic E-state index is 13.4. The number of carbonyl (C=O) groups excluding carboxylic acids is 1. The van der Waals surface area contributed by atoms with Gasteiger partial charge in [-0.15, -0.1) is 0 Å². The van der Waals surface area contributed by atoms with E-state index in [9.17, 15) is 9.18 Å². The van der Waals surface area contributed by atoms with Gasteiger partial charge in [0.2, 0.25) is 5.91 Å². The molecule has 2 aromatic carbocycles. The summed E-state index contributed by atoms with van der Waals surface area (Å²) in [5.74, 6) is 0.0701. The molecule has 0 radical (unpaired) electrons. The number of halogens is 1. The van der Waals surface area contributed by atoms with Crippen LogP contribution in [0.4, 0.5) is 4.39 Å². The van der Waals surface area contributed by atoms with Crippen molar-refractivity contribution in [1.82, 2.24) is 10.2 Å². The Morgan fingerprint density at radius 3 is 2.70 bits per heavy atom. The van der Waals surface area contributed by atoms with E-state index in [0.29, 0.717) is 31.9 Å². The van der Waals surface area contributed by atoms with Crippen molar-refractivity contribution in [2.24, 2.45) is 0 Å². The molecule has 0 aliphatic carbocycles. The van der Waals surface area contributed by atoms with Crippen molar-refractivity contribution in [1.29, 1.82) is 0 Å². The quantitative estimate of drug-likeness (QED) is 0.879. The first kappa shape index (κ1) is 17.9. The molecule has 1 fully saturated rings. The van der Waals surface area contributed by atoms with E-state index >= 15 is 0 Å². The van der Waals surface area contributed by atoms with Gasteiger partial charge in [0.1, 0.15) is 17.7 Å². The summed E-state index contributed by atoms with van der Waals surface area (Å²) in [6, 6.07) is 14.1. The van der Waals surface area contributed by atoms with Crippen molar-refractivity contribution in [3.63, 3.8) is 0 Å². The van der Waals surface area contributed by atoms with E-state index in [1.54, 1.807) is 12.1 Å². The van der Waals surface area contributed by atoms with E-state index in [1.165, 1.54) is 23.3 Å². The van der Waals surface area contributed by atoms with Gasteiger partial charge in [0.15, 0.2) is 0 Å². The molecular weight excluding hydrogens is 347 g/mol. The van der Waals surface area contributed by atoms with Crippen LogP contribution < -0.4 is 10.1 Å². The number of hydrogen-bond acceptors (Lipinski definition) is 4. The van der Waals surface area contributed by atoms with Gasteiger partial charge in [0, 0.05) is 25.8 Å². The molecule has 142 valence electrons. The smallest absolute Gasteiger partial charge is 0.234 e. The van der Waals surface area contributed by atoms with Crippen molar-refractivity contribution in [3.8, 4) is 5.75 Å². The number of amides is 1. The Kier molecular flexibility index (Phi) is 5.36. The number of fused-ring (bicyclic) bond motifs is 1. The van der Waals surface area contributed by atoms with Crippen molar-refractivity contribution >= 4 is 5.91 Å². The summed E-state index contributed by atoms with van der Waals surface area (Å²) in [7, 11) is 0. The molecule has 2 aliphatic heterocycles. The Morgan fingerprint density at radius 2 is 1.96 bits per heavy atom. The van der Waals surface area contributed by atoms with Gasteiger partial charge in [0.25, 0.3) is 0 Å². The lowest BCUT2D eigenvalue weighted by Crippen LogP contribution is -2.53. The zero-order valence-electron chi connectivity index (χ0n) is 15.1. The number of carbonyl (C=O) groups is 1. The second-order valence-corrected chi connectivity index (χ2v) is 7.07. The molecule has 1 amide bonds. The molecule has 1 N–H and O–H groups in total. The first-order chi connectivity index (χ1) is 13.2. The zero-order chi connectivity index (χ0) is 18.6. The van der Waals surface area contributed by atoms with Crippen LogP contribution >= 0.6 is 0 Å². The normalized spacial score (nSPS) is 22.3. The Labute approximate surface area is 158 Å². The SMILES string of the molecule is O=C(CN1Cc2ccccc2C1)N[C@@H]1CCOC[C@H]1Oc1cccc(F)c1. The molecule has 2 heterocycles. The molecular formula is C21H23FN2O3. The molecule has 1 saturated heterocycles. The molecule has 6 heteroatoms. The summed E-state index contributed by atoms with van der Waals surface area (Å²) >= 11 is 0. The highest BCUT2D eigenvalue weighted by molar-refractivity contribution is 5.78. The van der Waals surface area contributed by atoms with Crippen molar-refractivity contribution in [2.45, 2.75) is 31.7 Å². The van der Waals surface area contributed by atoms with Crippen LogP contribution in [0.3, 0.4) is 0 Å². The summed E-state index contributed by atoms with van der Waals surface area (Å²) in [4.78, 5) is 14.7. The summed E-state index contributed by atoms with van der Waals surface area (Å²) in [5, 5.41) is 3.08. The second-order valence-electron chi connectivity index (χ2n) is 7.07. The summed E-state index contributed by atoms with van der Waals surface area (Å²) in [5.41, 5.74) is 2.56. The van der Waals surface area contributed by atoms with Crippen molar-refractivity contribution in [2.75, 3.05) is 19.8 Å². The number of hydrogen-bond donors (Lipinski definition) is 1. The molecule has 27 heavy (non-hydrogen) atoms. The Balaban J connectivity index is 1.33. The maximum absolute atomic E-state index is 13.4. The molecule has 0 spiro atoms. The minimum absolute atomic E-state index is 0.0254. The zero-order valence-corrected chi connectivity index (χ0v) is 15.1. The fourth-order valence-corrected chi connectivity index (χ4v) is 3.68. The van der Waals surface area contributed by atoms with Crippen LogP contribution in [0.15, 0.2) is 48.5 Å². The Hall–Kier alpha value is -2.44. The van der Waals surface area contributed by atoms with Gasteiger partial charge in [-0.25, -0.2) is 4.39 Å². The van der Waals surface area contributed by atoms with Crippen LogP contribution in [0.25, 0.3) is 0 Å². The monoisotopic (exact) mass is 370 g/mol. The number of rotatable bonds is 5. The third-order valence-electron chi connectivity index (χ3n) is 5.01. The minimum Gasteiger partial charge on any atom is -0.486 e. The van der Waals surface area contributed by atoms with E-state index in [1.807, 2.05) is 12.1 Å². The van der Waals surface area contributed by atoms with Crippen LogP contribution in [0.2, 0.25) is 0 Å². The van der Waals surface area contributed by atoms with E-state index in [2.05, 4.69) is 22.3 Å². The van der Waals surface area contributed by atoms with Gasteiger partial charge >= 0.3 is 0 Å². The van der Waals surface area contributed by atoms with Gasteiger partial charge in [-0.05, 0) is 29.7 Å². The molecule has 4 rings (SSSR count). The molecule has 2 atom stereocenters. The lowest BCUT2D eigenvalue weighted by Gasteiger charge is -2.32. The lowest BCUT2D eigenvalue weighted by atomic mass is 10.1. The van der Waals surface area contributed by atoms with Crippen molar-refractivity contribution < 1.29 is 18.7 Å². The third-order valence-corrected chi connectivity index (χ3v) is 5.01. The number of benzene rings is 2. The van der Waals surface area contributed by atoms with E-state index in [0.717, 1.165) is 13.1 Å². The van der Waals surface area contributed by atoms with Gasteiger partial charge in [-0.1, -0.05) is 30.3 Å². The molecule has 5 nitrogen and oxygen atoms in total. The predicted molar refractivity (Wildman–Crippen MR) is 98.7 cm³/mol. The van der Waals surface area contributed by atoms with Crippen LogP contribution in [-0.2, 0) is 22.6 Å². The average molecular weight is 370 g/mol. The van der Waals surface area contributed by atoms with Crippen LogP contribution in [0, 0.1) is 5.82 Å². The Morgan fingerprint density at radius 1 is 1.19 bits per heavy atom. The van der Waals surface area contributed by atoms with Crippen molar-refractivity contribution in [3.05, 3.63) is 65.5 Å². The highest BCUT2D eigenvalue weighted by Gasteiger charge is 2.30. The lowest BCUT2D eigenvalue weighted by molar-refractivity contribution is -0.125. The average Bonchev–Trinajstić information content (AvgIpc) is 3.05. The van der Waals surface area contributed by atoms with Crippen LogP contribution in [0.1, 0.15) is 17.5 Å². The molecule has 0 aromatic heterocycles. The van der Waals surface area contributed by atoms with Gasteiger partial charge < -0.3 is 14.8 Å². The molecule has 2 aromatic rings. The predicted octanol–water partition coefficient (Wildman–Crippen LogP) is 2.49. The summed E-state index contributed by atoms with van der Waals surface area (Å²) in [6.45, 7) is 2.87. The topological polar surface area (TPSA) is 50.8 Å². The largest absolute Gasteiger partial charge is 0.486 e. The summed E-state index contributed by atoms with van der Waals surface area (Å²) < 4.78 is 24.8. The molecule has 2 aliphatic rings. The first-order valence-corrected chi connectivity index (χ1v) is 9.26. The maximum Gasteiger partial charge on any atom is 0.234 e. The van der Waals surface area contributed by atoms with Gasteiger partial charge in [-0.2, -0.15) is 0 Å². The van der Waals surface area contributed by atoms with E-state index in [-0.39, 0.29) is 23.9 Å².